The van der Waals surface area contributed by atoms with Crippen molar-refractivity contribution in [2.24, 2.45) is 10.9 Å². The van der Waals surface area contributed by atoms with Crippen LogP contribution in [0.3, 0.4) is 0 Å². The van der Waals surface area contributed by atoms with Crippen LogP contribution in [0.15, 0.2) is 23.3 Å². The predicted molar refractivity (Wildman–Crippen MR) is 135 cm³/mol. The Morgan fingerprint density at radius 1 is 1.23 bits per heavy atom. The minimum absolute atomic E-state index is 0. The Morgan fingerprint density at radius 2 is 1.97 bits per heavy atom. The topological polar surface area (TPSA) is 80.2 Å². The summed E-state index contributed by atoms with van der Waals surface area (Å²) < 4.78 is 16.3. The Hall–Kier alpha value is -1.17. The molecule has 2 heterocycles. The van der Waals surface area contributed by atoms with Crippen molar-refractivity contribution in [3.8, 4) is 5.88 Å². The summed E-state index contributed by atoms with van der Waals surface area (Å²) in [5, 5.41) is 6.93. The van der Waals surface area contributed by atoms with Gasteiger partial charge in [0.2, 0.25) is 5.88 Å². The zero-order valence-electron chi connectivity index (χ0n) is 19.4. The van der Waals surface area contributed by atoms with Crippen LogP contribution in [0.25, 0.3) is 0 Å². The van der Waals surface area contributed by atoms with Crippen LogP contribution in [-0.2, 0) is 16.0 Å². The van der Waals surface area contributed by atoms with Crippen molar-refractivity contribution in [2.45, 2.75) is 39.3 Å². The molecule has 0 saturated carbocycles. The van der Waals surface area contributed by atoms with Gasteiger partial charge >= 0.3 is 0 Å². The lowest BCUT2D eigenvalue weighted by atomic mass is 9.92. The molecule has 1 aliphatic heterocycles. The van der Waals surface area contributed by atoms with Crippen molar-refractivity contribution < 1.29 is 14.2 Å². The Balaban J connectivity index is 0.00000480. The molecule has 1 aromatic heterocycles. The van der Waals surface area contributed by atoms with Gasteiger partial charge in [0.25, 0.3) is 0 Å². The number of aliphatic imine (C=N–C) groups is 1. The normalized spacial score (nSPS) is 16.0. The number of rotatable bonds is 12. The highest BCUT2D eigenvalue weighted by Gasteiger charge is 2.27. The summed E-state index contributed by atoms with van der Waals surface area (Å²) >= 11 is 0. The molecule has 0 amide bonds. The zero-order chi connectivity index (χ0) is 21.6. The van der Waals surface area contributed by atoms with Gasteiger partial charge in [0, 0.05) is 58.1 Å². The van der Waals surface area contributed by atoms with E-state index in [4.69, 9.17) is 14.2 Å². The van der Waals surface area contributed by atoms with Crippen LogP contribution in [0.5, 0.6) is 5.88 Å². The van der Waals surface area contributed by atoms with Gasteiger partial charge in [-0.15, -0.1) is 24.0 Å². The molecule has 2 N–H and O–H groups in total. The average Bonchev–Trinajstić information content (AvgIpc) is 2.80. The first kappa shape index (κ1) is 27.9. The maximum Gasteiger partial charge on any atom is 0.218 e. The monoisotopic (exact) mass is 549 g/mol. The van der Waals surface area contributed by atoms with E-state index >= 15 is 0 Å². The minimum Gasteiger partial charge on any atom is -0.475 e. The van der Waals surface area contributed by atoms with Crippen LogP contribution < -0.4 is 15.4 Å². The van der Waals surface area contributed by atoms with Gasteiger partial charge in [-0.1, -0.05) is 32.8 Å². The summed E-state index contributed by atoms with van der Waals surface area (Å²) in [6.07, 6.45) is 4.08. The Labute approximate surface area is 204 Å². The number of aromatic nitrogens is 1. The molecule has 1 aliphatic rings. The first-order chi connectivity index (χ1) is 14.7. The highest BCUT2D eigenvalue weighted by atomic mass is 127. The van der Waals surface area contributed by atoms with E-state index in [-0.39, 0.29) is 24.0 Å². The molecular weight excluding hydrogens is 509 g/mol. The van der Waals surface area contributed by atoms with Gasteiger partial charge in [0.15, 0.2) is 5.96 Å². The van der Waals surface area contributed by atoms with E-state index in [1.165, 1.54) is 12.8 Å². The van der Waals surface area contributed by atoms with Crippen molar-refractivity contribution in [3.05, 3.63) is 23.9 Å². The molecule has 1 atom stereocenters. The van der Waals surface area contributed by atoms with Gasteiger partial charge in [-0.2, -0.15) is 0 Å². The molecule has 1 aromatic rings. The van der Waals surface area contributed by atoms with E-state index in [9.17, 15) is 0 Å². The molecule has 1 unspecified atom stereocenters. The van der Waals surface area contributed by atoms with Crippen molar-refractivity contribution in [1.29, 1.82) is 0 Å². The van der Waals surface area contributed by atoms with Crippen LogP contribution in [0.1, 0.15) is 32.3 Å². The third-order valence-electron chi connectivity index (χ3n) is 5.63. The van der Waals surface area contributed by atoms with Gasteiger partial charge in [-0.05, 0) is 12.0 Å². The van der Waals surface area contributed by atoms with E-state index in [0.717, 1.165) is 44.4 Å². The van der Waals surface area contributed by atoms with E-state index in [0.29, 0.717) is 37.6 Å². The van der Waals surface area contributed by atoms with Gasteiger partial charge in [-0.3, -0.25) is 9.89 Å². The summed E-state index contributed by atoms with van der Waals surface area (Å²) in [5.41, 5.74) is 0.987. The lowest BCUT2D eigenvalue weighted by Crippen LogP contribution is -2.53. The van der Waals surface area contributed by atoms with Crippen LogP contribution in [-0.4, -0.2) is 82.1 Å². The maximum absolute atomic E-state index is 5.73. The van der Waals surface area contributed by atoms with Crippen molar-refractivity contribution in [3.63, 3.8) is 0 Å². The Morgan fingerprint density at radius 3 is 2.61 bits per heavy atom. The SMILES string of the molecule is CCC(CC)C(CNC(=NC)NCc1cccnc1OCCOC)N1CCOCC1.I. The summed E-state index contributed by atoms with van der Waals surface area (Å²) in [6.45, 7) is 10.6. The molecule has 1 fully saturated rings. The standard InChI is InChI=1S/C22H39N5O3.HI/c1-5-18(6-2)20(27-10-12-29-13-11-27)17-26-22(23-3)25-16-19-8-7-9-24-21(19)30-15-14-28-4;/h7-9,18,20H,5-6,10-17H2,1-4H3,(H2,23,25,26);1H. The Kier molecular flexibility index (Phi) is 14.8. The highest BCUT2D eigenvalue weighted by Crippen LogP contribution is 2.19. The number of guanidine groups is 1. The fraction of sp³-hybridized carbons (Fsp3) is 0.727. The number of hydrogen-bond acceptors (Lipinski definition) is 6. The predicted octanol–water partition coefficient (Wildman–Crippen LogP) is 2.53. The van der Waals surface area contributed by atoms with E-state index in [2.05, 4.69) is 39.4 Å². The quantitative estimate of drug-likeness (QED) is 0.180. The summed E-state index contributed by atoms with van der Waals surface area (Å²) in [4.78, 5) is 11.3. The smallest absolute Gasteiger partial charge is 0.218 e. The van der Waals surface area contributed by atoms with Crippen molar-refractivity contribution >= 4 is 29.9 Å². The number of nitrogens with one attached hydrogen (secondary N) is 2. The van der Waals surface area contributed by atoms with Crippen LogP contribution in [0, 0.1) is 5.92 Å². The van der Waals surface area contributed by atoms with Gasteiger partial charge in [0.1, 0.15) is 6.61 Å². The second kappa shape index (κ2) is 16.5. The number of pyridine rings is 1. The van der Waals surface area contributed by atoms with Crippen LogP contribution in [0.2, 0.25) is 0 Å². The average molecular weight is 549 g/mol. The number of halogens is 1. The molecule has 178 valence electrons. The zero-order valence-corrected chi connectivity index (χ0v) is 21.8. The molecular formula is C22H40IN5O3. The largest absolute Gasteiger partial charge is 0.475 e. The van der Waals surface area contributed by atoms with E-state index in [1.54, 1.807) is 20.4 Å². The molecule has 0 bridgehead atoms. The molecule has 9 heteroatoms. The Bertz CT molecular complexity index is 625. The van der Waals surface area contributed by atoms with E-state index < -0.39 is 0 Å². The number of nitrogens with zero attached hydrogens (tertiary/aromatic N) is 3. The van der Waals surface area contributed by atoms with Crippen LogP contribution >= 0.6 is 24.0 Å². The molecule has 8 nitrogen and oxygen atoms in total. The molecule has 0 aromatic carbocycles. The molecule has 0 spiro atoms. The summed E-state index contributed by atoms with van der Waals surface area (Å²) in [6, 6.07) is 4.39. The second-order valence-corrected chi connectivity index (χ2v) is 7.41. The lowest BCUT2D eigenvalue weighted by Gasteiger charge is -2.39. The number of ether oxygens (including phenoxy) is 3. The number of morpholine rings is 1. The highest BCUT2D eigenvalue weighted by molar-refractivity contribution is 14.0. The third-order valence-corrected chi connectivity index (χ3v) is 5.63. The molecule has 2 rings (SSSR count). The van der Waals surface area contributed by atoms with Crippen molar-refractivity contribution in [1.82, 2.24) is 20.5 Å². The van der Waals surface area contributed by atoms with Gasteiger partial charge < -0.3 is 24.8 Å². The fourth-order valence-electron chi connectivity index (χ4n) is 3.85. The molecule has 0 radical (unpaired) electrons. The first-order valence-electron chi connectivity index (χ1n) is 11.0. The molecule has 31 heavy (non-hydrogen) atoms. The van der Waals surface area contributed by atoms with E-state index in [1.807, 2.05) is 12.1 Å². The van der Waals surface area contributed by atoms with Crippen molar-refractivity contribution in [2.75, 3.05) is 60.2 Å². The first-order valence-corrected chi connectivity index (χ1v) is 11.0. The van der Waals surface area contributed by atoms with Gasteiger partial charge in [0.05, 0.1) is 19.8 Å². The van der Waals surface area contributed by atoms with Crippen LogP contribution in [0.4, 0.5) is 0 Å². The minimum atomic E-state index is 0. The van der Waals surface area contributed by atoms with Gasteiger partial charge in [-0.25, -0.2) is 4.98 Å². The fourth-order valence-corrected chi connectivity index (χ4v) is 3.85. The second-order valence-electron chi connectivity index (χ2n) is 7.41. The maximum atomic E-state index is 5.73. The molecule has 1 saturated heterocycles. The lowest BCUT2D eigenvalue weighted by molar-refractivity contribution is 0.00272. The molecule has 0 aliphatic carbocycles. The summed E-state index contributed by atoms with van der Waals surface area (Å²) in [7, 11) is 3.46. The number of methoxy groups -OCH3 is 1. The third kappa shape index (κ3) is 9.46. The summed E-state index contributed by atoms with van der Waals surface area (Å²) in [5.74, 6) is 2.06. The number of hydrogen-bond donors (Lipinski definition) is 2.